The quantitative estimate of drug-likeness (QED) is 0.492. The van der Waals surface area contributed by atoms with Crippen LogP contribution in [0.3, 0.4) is 0 Å². The van der Waals surface area contributed by atoms with E-state index in [0.29, 0.717) is 0 Å². The Morgan fingerprint density at radius 1 is 1.55 bits per heavy atom. The van der Waals surface area contributed by atoms with Crippen molar-refractivity contribution in [2.45, 2.75) is 5.33 Å². The number of benzene rings is 1. The Hall–Kier alpha value is -0.745. The Bertz CT molecular complexity index is 303. The number of hydrogen-bond acceptors (Lipinski definition) is 1. The third-order valence-electron chi connectivity index (χ3n) is 1.53. The summed E-state index contributed by atoms with van der Waals surface area (Å²) in [5, 5.41) is 9.42. The van der Waals surface area contributed by atoms with Crippen LogP contribution >= 0.6 is 15.9 Å². The van der Waals surface area contributed by atoms with E-state index >= 15 is 0 Å². The molecule has 0 heterocycles. The van der Waals surface area contributed by atoms with Crippen molar-refractivity contribution < 1.29 is 0 Å². The highest BCUT2D eigenvalue weighted by Crippen LogP contribution is 2.09. The molecule has 0 aliphatic rings. The van der Waals surface area contributed by atoms with Crippen LogP contribution < -0.4 is 5.46 Å². The molecule has 0 aliphatic carbocycles. The van der Waals surface area contributed by atoms with Crippen molar-refractivity contribution >= 4 is 29.2 Å². The van der Waals surface area contributed by atoms with Gasteiger partial charge in [-0.05, 0) is 11.6 Å². The lowest BCUT2D eigenvalue weighted by Crippen LogP contribution is -2.03. The maximum atomic E-state index is 8.67. The highest BCUT2D eigenvalue weighted by molar-refractivity contribution is 9.08. The molecule has 0 saturated heterocycles. The van der Waals surface area contributed by atoms with Gasteiger partial charge in [0.1, 0.15) is 7.85 Å². The van der Waals surface area contributed by atoms with Crippen LogP contribution in [-0.2, 0) is 5.33 Å². The molecule has 1 rings (SSSR count). The predicted octanol–water partition coefficient (Wildman–Crippen LogP) is 0.712. The Morgan fingerprint density at radius 3 is 2.82 bits per heavy atom. The average molecular weight is 208 g/mol. The topological polar surface area (TPSA) is 23.8 Å². The number of nitriles is 1. The van der Waals surface area contributed by atoms with E-state index < -0.39 is 0 Å². The summed E-state index contributed by atoms with van der Waals surface area (Å²) in [5.74, 6) is 0. The fourth-order valence-corrected chi connectivity index (χ4v) is 1.41. The second kappa shape index (κ2) is 3.59. The first-order chi connectivity index (χ1) is 5.27. The summed E-state index contributed by atoms with van der Waals surface area (Å²) in [6.45, 7) is 0. The van der Waals surface area contributed by atoms with Crippen molar-refractivity contribution in [3.8, 4) is 6.07 Å². The van der Waals surface area contributed by atoms with Crippen molar-refractivity contribution in [2.24, 2.45) is 0 Å². The molecule has 1 aromatic rings. The first-order valence-electron chi connectivity index (χ1n) is 3.33. The van der Waals surface area contributed by atoms with Gasteiger partial charge < -0.3 is 0 Å². The minimum atomic E-state index is 0.748. The lowest BCUT2D eigenvalue weighted by Gasteiger charge is -1.99. The van der Waals surface area contributed by atoms with Gasteiger partial charge in [0.25, 0.3) is 0 Å². The minimum absolute atomic E-state index is 0.748. The fourth-order valence-electron chi connectivity index (χ4n) is 0.942. The zero-order valence-corrected chi connectivity index (χ0v) is 7.85. The lowest BCUT2D eigenvalue weighted by atomic mass is 9.93. The van der Waals surface area contributed by atoms with Gasteiger partial charge >= 0.3 is 0 Å². The summed E-state index contributed by atoms with van der Waals surface area (Å²) in [5.41, 5.74) is 3.01. The zero-order chi connectivity index (χ0) is 8.27. The van der Waals surface area contributed by atoms with E-state index in [1.807, 2.05) is 26.0 Å². The summed E-state index contributed by atoms with van der Waals surface area (Å²) in [6.07, 6.45) is 0. The molecule has 0 aliphatic heterocycles. The molecule has 1 nitrogen and oxygen atoms in total. The smallest absolute Gasteiger partial charge is 0.139 e. The lowest BCUT2D eigenvalue weighted by molar-refractivity contribution is 1.38. The number of hydrogen-bond donors (Lipinski definition) is 0. The highest BCUT2D eigenvalue weighted by atomic mass is 79.9. The maximum Gasteiger partial charge on any atom is 0.139 e. The Kier molecular flexibility index (Phi) is 2.73. The summed E-state index contributed by atoms with van der Waals surface area (Å²) >= 11 is 3.33. The highest BCUT2D eigenvalue weighted by Gasteiger charge is 1.98. The molecule has 3 heteroatoms. The zero-order valence-electron chi connectivity index (χ0n) is 6.26. The molecule has 11 heavy (non-hydrogen) atoms. The van der Waals surface area contributed by atoms with Crippen LogP contribution in [-0.4, -0.2) is 7.85 Å². The molecule has 0 radical (unpaired) electrons. The van der Waals surface area contributed by atoms with Crippen LogP contribution in [0.1, 0.15) is 11.1 Å². The Balaban J connectivity index is 3.19. The molecule has 0 spiro atoms. The first kappa shape index (κ1) is 8.35. The molecule has 0 N–H and O–H groups in total. The molecule has 0 saturated carbocycles. The van der Waals surface area contributed by atoms with Crippen molar-refractivity contribution in [3.05, 3.63) is 29.3 Å². The maximum absolute atomic E-state index is 8.67. The van der Waals surface area contributed by atoms with Gasteiger partial charge in [-0.3, -0.25) is 0 Å². The van der Waals surface area contributed by atoms with Crippen LogP contribution in [0.25, 0.3) is 0 Å². The van der Waals surface area contributed by atoms with Gasteiger partial charge in [0.05, 0.1) is 11.6 Å². The van der Waals surface area contributed by atoms with Gasteiger partial charge in [-0.1, -0.05) is 33.5 Å². The van der Waals surface area contributed by atoms with Crippen LogP contribution in [0, 0.1) is 11.3 Å². The SMILES string of the molecule is Bc1ccc(C#N)c(CBr)c1. The van der Waals surface area contributed by atoms with E-state index in [2.05, 4.69) is 22.0 Å². The summed E-state index contributed by atoms with van der Waals surface area (Å²) in [6, 6.07) is 7.97. The van der Waals surface area contributed by atoms with E-state index in [-0.39, 0.29) is 0 Å². The van der Waals surface area contributed by atoms with Crippen molar-refractivity contribution in [1.29, 1.82) is 5.26 Å². The monoisotopic (exact) mass is 207 g/mol. The van der Waals surface area contributed by atoms with E-state index in [4.69, 9.17) is 5.26 Å². The second-order valence-corrected chi connectivity index (χ2v) is 2.97. The Labute approximate surface area is 75.6 Å². The first-order valence-corrected chi connectivity index (χ1v) is 4.45. The number of halogens is 1. The molecule has 0 atom stereocenters. The minimum Gasteiger partial charge on any atom is -0.192 e. The Morgan fingerprint density at radius 2 is 2.27 bits per heavy atom. The molecule has 54 valence electrons. The van der Waals surface area contributed by atoms with Gasteiger partial charge in [0.2, 0.25) is 0 Å². The predicted molar refractivity (Wildman–Crippen MR) is 52.0 cm³/mol. The van der Waals surface area contributed by atoms with Crippen molar-refractivity contribution in [2.75, 3.05) is 0 Å². The third kappa shape index (κ3) is 1.84. The molecule has 0 fully saturated rings. The number of alkyl halides is 1. The van der Waals surface area contributed by atoms with Crippen LogP contribution in [0.5, 0.6) is 0 Å². The molecular weight excluding hydrogens is 201 g/mol. The average Bonchev–Trinajstić information content (AvgIpc) is 2.04. The normalized spacial score (nSPS) is 9.09. The fraction of sp³-hybridized carbons (Fsp3) is 0.125. The summed E-state index contributed by atoms with van der Waals surface area (Å²) in [7, 11) is 2.02. The molecule has 0 aromatic heterocycles. The molecular formula is C8H7BBrN. The molecule has 1 aromatic carbocycles. The van der Waals surface area contributed by atoms with Gasteiger partial charge in [0.15, 0.2) is 0 Å². The molecule has 0 amide bonds. The van der Waals surface area contributed by atoms with Gasteiger partial charge in [-0.15, -0.1) is 0 Å². The van der Waals surface area contributed by atoms with Crippen molar-refractivity contribution in [1.82, 2.24) is 0 Å². The number of rotatable bonds is 1. The van der Waals surface area contributed by atoms with Crippen molar-refractivity contribution in [3.63, 3.8) is 0 Å². The van der Waals surface area contributed by atoms with E-state index in [0.717, 1.165) is 16.5 Å². The summed E-state index contributed by atoms with van der Waals surface area (Å²) < 4.78 is 0. The standard InChI is InChI=1S/C8H7BBrN/c9-8-2-1-6(5-11)7(3-8)4-10/h1-3H,4,9H2. The van der Waals surface area contributed by atoms with E-state index in [1.165, 1.54) is 5.46 Å². The van der Waals surface area contributed by atoms with Crippen LogP contribution in [0.15, 0.2) is 18.2 Å². The van der Waals surface area contributed by atoms with Crippen LogP contribution in [0.2, 0.25) is 0 Å². The second-order valence-electron chi connectivity index (χ2n) is 2.41. The third-order valence-corrected chi connectivity index (χ3v) is 2.13. The largest absolute Gasteiger partial charge is 0.192 e. The van der Waals surface area contributed by atoms with E-state index in [9.17, 15) is 0 Å². The molecule has 0 bridgehead atoms. The number of nitrogens with zero attached hydrogens (tertiary/aromatic N) is 1. The van der Waals surface area contributed by atoms with Gasteiger partial charge in [-0.25, -0.2) is 0 Å². The van der Waals surface area contributed by atoms with Gasteiger partial charge in [0, 0.05) is 5.33 Å². The summed E-state index contributed by atoms with van der Waals surface area (Å²) in [4.78, 5) is 0. The molecule has 0 unspecified atom stereocenters. The van der Waals surface area contributed by atoms with Crippen LogP contribution in [0.4, 0.5) is 0 Å². The van der Waals surface area contributed by atoms with E-state index in [1.54, 1.807) is 0 Å². The van der Waals surface area contributed by atoms with Gasteiger partial charge in [-0.2, -0.15) is 5.26 Å².